The molecule has 0 N–H and O–H groups in total. The first kappa shape index (κ1) is 13.3. The highest BCUT2D eigenvalue weighted by Gasteiger charge is 2.18. The number of furan rings is 1. The van der Waals surface area contributed by atoms with Crippen LogP contribution in [0.5, 0.6) is 0 Å². The molecule has 0 aliphatic carbocycles. The molecule has 0 aliphatic heterocycles. The Morgan fingerprint density at radius 3 is 1.45 bits per heavy atom. The topological polar surface area (TPSA) is 56.7 Å². The SMILES string of the molecule is [2H]c1c([2H])c([2H])c(-c2c([2H])c([2H])c([2H])c(-c3nc(-c4c([2H])c([2H])c5c(oc6c([2H])c([2H])c([2H])c([2H])c65)c4[2H])nc(-c4c([2H])c([2H])c5c6c([2H])c([2H])c(-c7c([2H])c([2H])c([2H])c([2H])c7[2H])c([2H])c6n(-c6c([2H])c([2H])c([2H])c([2H])c6[2H])c5c4[2H])n3)c2[2H])c([2H])c1[2H]. The van der Waals surface area contributed by atoms with Gasteiger partial charge in [0.05, 0.1) is 54.9 Å². The first-order valence-electron chi connectivity index (χ1n) is 32.2. The van der Waals surface area contributed by atoms with Gasteiger partial charge in [-0.25, -0.2) is 15.0 Å². The summed E-state index contributed by atoms with van der Waals surface area (Å²) in [5.41, 5.74) is -9.72. The minimum atomic E-state index is -1.11. The number of para-hydroxylation sites is 2. The second-order valence-electron chi connectivity index (χ2n) is 11.6. The molecular formula is C51H32N4O. The molecule has 3 aromatic heterocycles. The van der Waals surface area contributed by atoms with E-state index in [2.05, 4.69) is 15.0 Å². The molecule has 262 valence electrons. The first-order chi connectivity index (χ1) is 41.1. The van der Waals surface area contributed by atoms with Gasteiger partial charge in [-0.15, -0.1) is 0 Å². The number of aromatic nitrogens is 4. The number of hydrogen-bond donors (Lipinski definition) is 0. The smallest absolute Gasteiger partial charge is 0.164 e. The van der Waals surface area contributed by atoms with Gasteiger partial charge in [0.2, 0.25) is 0 Å². The first-order valence-corrected chi connectivity index (χ1v) is 16.2. The summed E-state index contributed by atoms with van der Waals surface area (Å²) in [5.74, 6) is -3.00. The Kier molecular flexibility index (Phi) is 3.10. The summed E-state index contributed by atoms with van der Waals surface area (Å²) in [7, 11) is 0. The zero-order valence-electron chi connectivity index (χ0n) is 59.7. The van der Waals surface area contributed by atoms with Crippen LogP contribution in [0.1, 0.15) is 43.9 Å². The molecule has 0 atom stereocenters. The molecule has 0 saturated heterocycles. The minimum absolute atomic E-state index is 0.416. The molecular weight excluding hydrogens is 685 g/mol. The molecule has 5 heteroatoms. The Morgan fingerprint density at radius 2 is 0.786 bits per heavy atom. The lowest BCUT2D eigenvalue weighted by Crippen LogP contribution is -2.00. The number of nitrogens with zero attached hydrogens (tertiary/aromatic N) is 4. The average molecular weight is 749 g/mol. The highest BCUT2D eigenvalue weighted by Crippen LogP contribution is 2.38. The lowest BCUT2D eigenvalue weighted by molar-refractivity contribution is 0.669. The molecule has 0 aliphatic rings. The van der Waals surface area contributed by atoms with Gasteiger partial charge in [-0.05, 0) is 70.6 Å². The average Bonchev–Trinajstić information content (AvgIpc) is 1.51. The summed E-state index contributed by atoms with van der Waals surface area (Å²) in [4.78, 5) is 13.2. The Hall–Kier alpha value is -7.63. The van der Waals surface area contributed by atoms with Crippen LogP contribution in [0, 0.1) is 0 Å². The van der Waals surface area contributed by atoms with E-state index in [1.54, 1.807) is 0 Å². The number of benzene rings is 8. The fourth-order valence-electron chi connectivity index (χ4n) is 5.87. The van der Waals surface area contributed by atoms with E-state index in [1.165, 1.54) is 0 Å². The third-order valence-electron chi connectivity index (χ3n) is 8.31. The number of fused-ring (bicyclic) bond motifs is 6. The molecule has 11 rings (SSSR count). The van der Waals surface area contributed by atoms with E-state index in [-0.39, 0.29) is 0 Å². The van der Waals surface area contributed by atoms with Crippen molar-refractivity contribution in [3.8, 4) is 62.1 Å². The van der Waals surface area contributed by atoms with Crippen LogP contribution < -0.4 is 0 Å². The van der Waals surface area contributed by atoms with E-state index in [1.807, 2.05) is 0 Å². The number of rotatable bonds is 6. The Morgan fingerprint density at radius 1 is 0.339 bits per heavy atom. The van der Waals surface area contributed by atoms with Crippen LogP contribution in [0.3, 0.4) is 0 Å². The summed E-state index contributed by atoms with van der Waals surface area (Å²) < 4.78 is 292. The van der Waals surface area contributed by atoms with Crippen LogP contribution in [-0.2, 0) is 0 Å². The maximum absolute atomic E-state index is 10.1. The van der Waals surface area contributed by atoms with E-state index >= 15 is 0 Å². The van der Waals surface area contributed by atoms with Gasteiger partial charge >= 0.3 is 0 Å². The highest BCUT2D eigenvalue weighted by atomic mass is 16.3. The minimum Gasteiger partial charge on any atom is -0.456 e. The molecule has 0 spiro atoms. The van der Waals surface area contributed by atoms with Gasteiger partial charge in [0.15, 0.2) is 17.5 Å². The van der Waals surface area contributed by atoms with Crippen molar-refractivity contribution >= 4 is 43.7 Å². The van der Waals surface area contributed by atoms with Crippen LogP contribution in [-0.4, -0.2) is 19.5 Å². The summed E-state index contributed by atoms with van der Waals surface area (Å²) in [6.45, 7) is 0. The molecule has 0 bridgehead atoms. The van der Waals surface area contributed by atoms with Gasteiger partial charge in [-0.1, -0.05) is 145 Å². The van der Waals surface area contributed by atoms with Crippen LogP contribution in [0.25, 0.3) is 106 Å². The van der Waals surface area contributed by atoms with E-state index in [4.69, 9.17) is 33.2 Å². The van der Waals surface area contributed by atoms with Crippen molar-refractivity contribution in [3.63, 3.8) is 0 Å². The predicted molar refractivity (Wildman–Crippen MR) is 229 cm³/mol. The van der Waals surface area contributed by atoms with Gasteiger partial charge in [0, 0.05) is 43.9 Å². The van der Waals surface area contributed by atoms with E-state index < -0.39 is 299 Å². The second-order valence-corrected chi connectivity index (χ2v) is 11.6. The molecule has 0 radical (unpaired) electrons. The lowest BCUT2D eigenvalue weighted by Gasteiger charge is -2.11. The van der Waals surface area contributed by atoms with Crippen molar-refractivity contribution < 1.29 is 48.3 Å². The van der Waals surface area contributed by atoms with Crippen molar-refractivity contribution in [3.05, 3.63) is 193 Å². The Bertz CT molecular complexity index is 5050. The van der Waals surface area contributed by atoms with Crippen molar-refractivity contribution in [1.82, 2.24) is 19.5 Å². The molecule has 5 nitrogen and oxygen atoms in total. The standard InChI is InChI=1S/C51H32N4O/c1-4-13-33(14-5-1)35-17-12-18-37(29-35)49-52-50(54-51(53-49)39-25-28-44-43-21-10-11-22-47(43)56-48(44)32-39)38-24-27-42-41-26-23-36(34-15-6-2-7-16-34)30-45(41)55(46(42)31-38)40-19-8-3-9-20-40/h1-32H/i1D,2D,3D,4D,5D,6D,7D,8D,9D,10D,11D,12D,13D,14D,15D,16D,17D,18D,19D,20D,21D,22D,23D,24D,25D,26D,27D,28D,29D,30D,31D,32D. The molecule has 0 saturated carbocycles. The van der Waals surface area contributed by atoms with Gasteiger partial charge in [0.1, 0.15) is 11.2 Å². The van der Waals surface area contributed by atoms with Gasteiger partial charge in [-0.2, -0.15) is 0 Å². The summed E-state index contributed by atoms with van der Waals surface area (Å²) >= 11 is 0. The van der Waals surface area contributed by atoms with Crippen molar-refractivity contribution in [2.24, 2.45) is 0 Å². The molecule has 11 aromatic rings. The molecule has 0 fully saturated rings. The molecule has 0 unspecified atom stereocenters. The fourth-order valence-corrected chi connectivity index (χ4v) is 5.87. The predicted octanol–water partition coefficient (Wildman–Crippen LogP) is 13.2. The van der Waals surface area contributed by atoms with Crippen LogP contribution in [0.2, 0.25) is 0 Å². The molecule has 3 heterocycles. The highest BCUT2D eigenvalue weighted by molar-refractivity contribution is 6.11. The van der Waals surface area contributed by atoms with E-state index in [0.29, 0.717) is 4.57 Å². The van der Waals surface area contributed by atoms with Gasteiger partial charge < -0.3 is 8.98 Å². The van der Waals surface area contributed by atoms with Crippen molar-refractivity contribution in [1.29, 1.82) is 0 Å². The zero-order chi connectivity index (χ0) is 64.9. The Balaban J connectivity index is 1.35. The normalized spacial score (nSPS) is 19.6. The monoisotopic (exact) mass is 748 g/mol. The van der Waals surface area contributed by atoms with Crippen molar-refractivity contribution in [2.75, 3.05) is 0 Å². The molecule has 8 aromatic carbocycles. The Labute approximate surface area is 367 Å². The third-order valence-corrected chi connectivity index (χ3v) is 8.31. The second kappa shape index (κ2) is 13.0. The summed E-state index contributed by atoms with van der Waals surface area (Å²) in [6, 6.07) is -30.9. The lowest BCUT2D eigenvalue weighted by atomic mass is 10.0. The fraction of sp³-hybridized carbons (Fsp3) is 0. The zero-order valence-corrected chi connectivity index (χ0v) is 27.7. The largest absolute Gasteiger partial charge is 0.456 e. The maximum atomic E-state index is 10.1. The summed E-state index contributed by atoms with van der Waals surface area (Å²) in [5, 5.41) is -2.26. The molecule has 56 heavy (non-hydrogen) atoms. The quantitative estimate of drug-likeness (QED) is 0.170. The van der Waals surface area contributed by atoms with Crippen LogP contribution >= 0.6 is 0 Å². The third kappa shape index (κ3) is 5.45. The molecule has 0 amide bonds. The van der Waals surface area contributed by atoms with Crippen LogP contribution in [0.15, 0.2) is 198 Å². The number of hydrogen-bond acceptors (Lipinski definition) is 4. The van der Waals surface area contributed by atoms with Gasteiger partial charge in [-0.3, -0.25) is 0 Å². The maximum Gasteiger partial charge on any atom is 0.164 e. The van der Waals surface area contributed by atoms with E-state index in [0.717, 1.165) is 0 Å². The van der Waals surface area contributed by atoms with Crippen molar-refractivity contribution in [2.45, 2.75) is 0 Å². The van der Waals surface area contributed by atoms with Crippen LogP contribution in [0.4, 0.5) is 0 Å². The van der Waals surface area contributed by atoms with E-state index in [9.17, 15) is 15.1 Å². The summed E-state index contributed by atoms with van der Waals surface area (Å²) in [6.07, 6.45) is 0. The van der Waals surface area contributed by atoms with Gasteiger partial charge in [0.25, 0.3) is 0 Å².